The lowest BCUT2D eigenvalue weighted by molar-refractivity contribution is 0.0602. The average molecular weight is 361 g/mol. The predicted molar refractivity (Wildman–Crippen MR) is 96.4 cm³/mol. The molecule has 0 atom stereocenters. The van der Waals surface area contributed by atoms with Gasteiger partial charge in [-0.1, -0.05) is 12.7 Å². The molecule has 0 saturated carbocycles. The summed E-state index contributed by atoms with van der Waals surface area (Å²) in [5, 5.41) is 0. The van der Waals surface area contributed by atoms with E-state index in [1.807, 2.05) is 0 Å². The van der Waals surface area contributed by atoms with Gasteiger partial charge < -0.3 is 9.47 Å². The number of nitrogens with one attached hydrogen (secondary N) is 1. The zero-order valence-electron chi connectivity index (χ0n) is 14.2. The molecule has 0 radical (unpaired) electrons. The number of sulfonamides is 1. The molecule has 0 aliphatic heterocycles. The Morgan fingerprint density at radius 3 is 2.32 bits per heavy atom. The summed E-state index contributed by atoms with van der Waals surface area (Å²) in [4.78, 5) is 12.1. The van der Waals surface area contributed by atoms with Crippen molar-refractivity contribution in [1.82, 2.24) is 0 Å². The molecule has 0 saturated heterocycles. The van der Waals surface area contributed by atoms with Crippen molar-refractivity contribution in [3.63, 3.8) is 0 Å². The van der Waals surface area contributed by atoms with Gasteiger partial charge in [-0.3, -0.25) is 4.72 Å². The Morgan fingerprint density at radius 2 is 1.80 bits per heavy atom. The summed E-state index contributed by atoms with van der Waals surface area (Å²) >= 11 is 0. The van der Waals surface area contributed by atoms with Crippen molar-refractivity contribution in [2.45, 2.75) is 11.8 Å². The van der Waals surface area contributed by atoms with Crippen LogP contribution in [0.3, 0.4) is 0 Å². The van der Waals surface area contributed by atoms with Crippen LogP contribution in [0.5, 0.6) is 5.75 Å². The topological polar surface area (TPSA) is 81.7 Å². The second-order valence-corrected chi connectivity index (χ2v) is 6.92. The van der Waals surface area contributed by atoms with Gasteiger partial charge in [0.1, 0.15) is 5.75 Å². The van der Waals surface area contributed by atoms with Gasteiger partial charge in [0.05, 0.1) is 30.4 Å². The van der Waals surface area contributed by atoms with E-state index >= 15 is 0 Å². The van der Waals surface area contributed by atoms with Crippen molar-refractivity contribution in [2.75, 3.05) is 18.9 Å². The fraction of sp³-hybridized carbons (Fsp3) is 0.167. The first-order chi connectivity index (χ1) is 11.8. The zero-order valence-corrected chi connectivity index (χ0v) is 15.0. The number of benzene rings is 2. The maximum absolute atomic E-state index is 12.6. The summed E-state index contributed by atoms with van der Waals surface area (Å²) in [6.07, 6.45) is 1.57. The van der Waals surface area contributed by atoms with Crippen LogP contribution in [0.1, 0.15) is 21.5 Å². The van der Waals surface area contributed by atoms with Crippen molar-refractivity contribution in [2.24, 2.45) is 0 Å². The van der Waals surface area contributed by atoms with E-state index in [0.29, 0.717) is 16.9 Å². The summed E-state index contributed by atoms with van der Waals surface area (Å²) in [6, 6.07) is 9.19. The SMILES string of the molecule is C=Cc1cc(C)c(NS(=O)(=O)c2ccc(OC)cc2)c(C(=O)OC)c1. The Hall–Kier alpha value is -2.80. The van der Waals surface area contributed by atoms with E-state index < -0.39 is 16.0 Å². The van der Waals surface area contributed by atoms with E-state index in [9.17, 15) is 13.2 Å². The van der Waals surface area contributed by atoms with E-state index in [1.54, 1.807) is 31.2 Å². The van der Waals surface area contributed by atoms with Crippen LogP contribution in [0.4, 0.5) is 5.69 Å². The minimum Gasteiger partial charge on any atom is -0.497 e. The minimum atomic E-state index is -3.88. The fourth-order valence-corrected chi connectivity index (χ4v) is 3.44. The number of hydrogen-bond acceptors (Lipinski definition) is 5. The van der Waals surface area contributed by atoms with Gasteiger partial charge in [-0.25, -0.2) is 13.2 Å². The van der Waals surface area contributed by atoms with Gasteiger partial charge in [0, 0.05) is 0 Å². The van der Waals surface area contributed by atoms with E-state index in [4.69, 9.17) is 9.47 Å². The average Bonchev–Trinajstić information content (AvgIpc) is 2.62. The van der Waals surface area contributed by atoms with Crippen molar-refractivity contribution in [3.8, 4) is 5.75 Å². The summed E-state index contributed by atoms with van der Waals surface area (Å²) in [5.41, 5.74) is 1.56. The van der Waals surface area contributed by atoms with E-state index in [0.717, 1.165) is 0 Å². The first-order valence-corrected chi connectivity index (χ1v) is 8.83. The quantitative estimate of drug-likeness (QED) is 0.799. The van der Waals surface area contributed by atoms with Crippen molar-refractivity contribution in [1.29, 1.82) is 0 Å². The van der Waals surface area contributed by atoms with Crippen LogP contribution >= 0.6 is 0 Å². The van der Waals surface area contributed by atoms with Crippen LogP contribution < -0.4 is 9.46 Å². The molecule has 0 bridgehead atoms. The van der Waals surface area contributed by atoms with Gasteiger partial charge >= 0.3 is 5.97 Å². The molecule has 2 aromatic carbocycles. The first-order valence-electron chi connectivity index (χ1n) is 7.34. The minimum absolute atomic E-state index is 0.0521. The highest BCUT2D eigenvalue weighted by molar-refractivity contribution is 7.92. The van der Waals surface area contributed by atoms with Crippen LogP contribution in [-0.4, -0.2) is 28.6 Å². The Labute approximate surface area is 147 Å². The van der Waals surface area contributed by atoms with Gasteiger partial charge in [0.15, 0.2) is 0 Å². The summed E-state index contributed by atoms with van der Waals surface area (Å²) < 4.78 is 37.5. The molecule has 0 heterocycles. The van der Waals surface area contributed by atoms with E-state index in [1.165, 1.54) is 32.4 Å². The monoisotopic (exact) mass is 361 g/mol. The largest absolute Gasteiger partial charge is 0.497 e. The van der Waals surface area contributed by atoms with Gasteiger partial charge in [-0.15, -0.1) is 0 Å². The molecule has 0 unspecified atom stereocenters. The highest BCUT2D eigenvalue weighted by Gasteiger charge is 2.21. The number of hydrogen-bond donors (Lipinski definition) is 1. The van der Waals surface area contributed by atoms with Crippen molar-refractivity contribution >= 4 is 27.8 Å². The van der Waals surface area contributed by atoms with Crippen LogP contribution in [-0.2, 0) is 14.8 Å². The second-order valence-electron chi connectivity index (χ2n) is 5.24. The third kappa shape index (κ3) is 4.00. The number of carbonyl (C=O) groups excluding carboxylic acids is 1. The Morgan fingerprint density at radius 1 is 1.16 bits per heavy atom. The Kier molecular flexibility index (Phi) is 5.48. The number of carbonyl (C=O) groups is 1. The maximum atomic E-state index is 12.6. The smallest absolute Gasteiger partial charge is 0.340 e. The third-order valence-corrected chi connectivity index (χ3v) is 4.97. The molecule has 0 fully saturated rings. The molecule has 2 rings (SSSR count). The molecule has 7 heteroatoms. The molecular formula is C18H19NO5S. The van der Waals surface area contributed by atoms with Crippen LogP contribution in [0.25, 0.3) is 6.08 Å². The van der Waals surface area contributed by atoms with Crippen LogP contribution in [0.15, 0.2) is 47.9 Å². The highest BCUT2D eigenvalue weighted by atomic mass is 32.2. The Bertz CT molecular complexity index is 902. The molecular weight excluding hydrogens is 342 g/mol. The number of ether oxygens (including phenoxy) is 2. The molecule has 0 spiro atoms. The number of anilines is 1. The molecule has 132 valence electrons. The standard InChI is InChI=1S/C18H19NO5S/c1-5-13-10-12(2)17(16(11-13)18(20)24-4)19-25(21,22)15-8-6-14(23-3)7-9-15/h5-11,19H,1H2,2-4H3. The molecule has 1 N–H and O–H groups in total. The Balaban J connectivity index is 2.50. The zero-order chi connectivity index (χ0) is 18.6. The lowest BCUT2D eigenvalue weighted by Gasteiger charge is -2.15. The van der Waals surface area contributed by atoms with E-state index in [-0.39, 0.29) is 16.1 Å². The lowest BCUT2D eigenvalue weighted by Crippen LogP contribution is -2.17. The number of aryl methyl sites for hydroxylation is 1. The summed E-state index contributed by atoms with van der Waals surface area (Å²) in [6.45, 7) is 5.36. The number of methoxy groups -OCH3 is 2. The molecule has 0 aliphatic carbocycles. The summed E-state index contributed by atoms with van der Waals surface area (Å²) in [7, 11) is -1.15. The normalized spacial score (nSPS) is 10.8. The first kappa shape index (κ1) is 18.5. The van der Waals surface area contributed by atoms with Crippen LogP contribution in [0, 0.1) is 6.92 Å². The fourth-order valence-electron chi connectivity index (χ4n) is 2.29. The van der Waals surface area contributed by atoms with Gasteiger partial charge in [0.25, 0.3) is 10.0 Å². The molecule has 6 nitrogen and oxygen atoms in total. The second kappa shape index (κ2) is 7.40. The number of rotatable bonds is 6. The van der Waals surface area contributed by atoms with Crippen molar-refractivity contribution in [3.05, 3.63) is 59.7 Å². The summed E-state index contributed by atoms with van der Waals surface area (Å²) in [5.74, 6) is -0.0973. The van der Waals surface area contributed by atoms with Gasteiger partial charge in [0.2, 0.25) is 0 Å². The van der Waals surface area contributed by atoms with Crippen molar-refractivity contribution < 1.29 is 22.7 Å². The van der Waals surface area contributed by atoms with E-state index in [2.05, 4.69) is 11.3 Å². The molecule has 0 amide bonds. The van der Waals surface area contributed by atoms with Crippen LogP contribution in [0.2, 0.25) is 0 Å². The molecule has 0 aliphatic rings. The van der Waals surface area contributed by atoms with Gasteiger partial charge in [-0.2, -0.15) is 0 Å². The molecule has 2 aromatic rings. The third-order valence-electron chi connectivity index (χ3n) is 3.61. The van der Waals surface area contributed by atoms with Gasteiger partial charge in [-0.05, 0) is 54.4 Å². The predicted octanol–water partition coefficient (Wildman–Crippen LogP) is 3.23. The lowest BCUT2D eigenvalue weighted by atomic mass is 10.0. The number of esters is 1. The highest BCUT2D eigenvalue weighted by Crippen LogP contribution is 2.27. The maximum Gasteiger partial charge on any atom is 0.340 e. The molecule has 0 aromatic heterocycles. The molecule has 25 heavy (non-hydrogen) atoms.